The number of halogens is 1. The summed E-state index contributed by atoms with van der Waals surface area (Å²) in [5, 5.41) is 10.9. The summed E-state index contributed by atoms with van der Waals surface area (Å²) in [6, 6.07) is 16.0. The molecule has 1 aliphatic heterocycles. The third-order valence-corrected chi connectivity index (χ3v) is 8.64. The maximum absolute atomic E-state index is 14.0. The normalized spacial score (nSPS) is 14.4. The second-order valence-corrected chi connectivity index (χ2v) is 11.7. The van der Waals surface area contributed by atoms with Crippen molar-refractivity contribution in [1.82, 2.24) is 4.57 Å². The summed E-state index contributed by atoms with van der Waals surface area (Å²) in [6.07, 6.45) is 1.75. The summed E-state index contributed by atoms with van der Waals surface area (Å²) in [5.41, 5.74) is 2.56. The Labute approximate surface area is 269 Å². The molecule has 45 heavy (non-hydrogen) atoms. The summed E-state index contributed by atoms with van der Waals surface area (Å²) in [7, 11) is 3.05. The molecule has 11 nitrogen and oxygen atoms in total. The van der Waals surface area contributed by atoms with Gasteiger partial charge >= 0.3 is 5.97 Å². The minimum absolute atomic E-state index is 0.0110. The van der Waals surface area contributed by atoms with Gasteiger partial charge in [-0.1, -0.05) is 23.5 Å². The van der Waals surface area contributed by atoms with Crippen LogP contribution in [0.1, 0.15) is 36.6 Å². The number of fused-ring (bicyclic) bond motifs is 1. The smallest absolute Gasteiger partial charge is 0.338 e. The summed E-state index contributed by atoms with van der Waals surface area (Å²) < 4.78 is 24.8. The van der Waals surface area contributed by atoms with Crippen molar-refractivity contribution in [2.24, 2.45) is 4.99 Å². The standard InChI is InChI=1S/C32H28BrN3O8S/c1-5-43-31(38)28-18(2)34-32-35(29(28)21-9-13-25(41-3)26(16-21)42-4)30(37)27(45-32)15-20-8-12-24(23(33)14-20)44-17-19-6-10-22(11-7-19)36(39)40/h6-16,29H,5,17H2,1-4H3/b27-15-/t29-/m1/s1. The van der Waals surface area contributed by atoms with Crippen LogP contribution >= 0.6 is 27.3 Å². The Hall–Kier alpha value is -4.75. The third kappa shape index (κ3) is 6.54. The second kappa shape index (κ2) is 13.5. The molecular formula is C32H28BrN3O8S. The molecule has 0 unspecified atom stereocenters. The van der Waals surface area contributed by atoms with E-state index in [1.807, 2.05) is 12.1 Å². The number of nitrogens with zero attached hydrogens (tertiary/aromatic N) is 3. The van der Waals surface area contributed by atoms with Gasteiger partial charge in [0.2, 0.25) is 0 Å². The number of carbonyl (C=O) groups excluding carboxylic acids is 1. The van der Waals surface area contributed by atoms with Crippen LogP contribution < -0.4 is 29.1 Å². The number of nitro benzene ring substituents is 1. The molecule has 0 amide bonds. The van der Waals surface area contributed by atoms with Gasteiger partial charge in [-0.25, -0.2) is 9.79 Å². The van der Waals surface area contributed by atoms with E-state index in [9.17, 15) is 19.7 Å². The molecule has 0 radical (unpaired) electrons. The highest BCUT2D eigenvalue weighted by molar-refractivity contribution is 9.10. The van der Waals surface area contributed by atoms with Gasteiger partial charge in [0, 0.05) is 12.1 Å². The average molecular weight is 695 g/mol. The molecule has 0 aliphatic carbocycles. The summed E-state index contributed by atoms with van der Waals surface area (Å²) in [5.74, 6) is 0.977. The number of allylic oxidation sites excluding steroid dienone is 1. The van der Waals surface area contributed by atoms with Crippen LogP contribution in [0.25, 0.3) is 6.08 Å². The van der Waals surface area contributed by atoms with Gasteiger partial charge < -0.3 is 18.9 Å². The number of carbonyl (C=O) groups is 1. The Bertz CT molecular complexity index is 2000. The van der Waals surface area contributed by atoms with Crippen molar-refractivity contribution in [2.75, 3.05) is 20.8 Å². The van der Waals surface area contributed by atoms with Crippen LogP contribution in [0.2, 0.25) is 0 Å². The minimum Gasteiger partial charge on any atom is -0.493 e. The fourth-order valence-electron chi connectivity index (χ4n) is 4.88. The summed E-state index contributed by atoms with van der Waals surface area (Å²) in [6.45, 7) is 3.83. The van der Waals surface area contributed by atoms with Crippen LogP contribution in [0.3, 0.4) is 0 Å². The third-order valence-electron chi connectivity index (χ3n) is 7.04. The molecule has 1 atom stereocenters. The lowest BCUT2D eigenvalue weighted by Crippen LogP contribution is -2.39. The fraction of sp³-hybridized carbons (Fsp3) is 0.219. The van der Waals surface area contributed by atoms with Crippen LogP contribution in [0.15, 0.2) is 86.2 Å². The van der Waals surface area contributed by atoms with Gasteiger partial charge in [-0.3, -0.25) is 19.5 Å². The van der Waals surface area contributed by atoms with Gasteiger partial charge in [0.05, 0.1) is 52.1 Å². The van der Waals surface area contributed by atoms with Crippen molar-refractivity contribution in [1.29, 1.82) is 0 Å². The first-order valence-corrected chi connectivity index (χ1v) is 15.3. The first kappa shape index (κ1) is 31.7. The van der Waals surface area contributed by atoms with E-state index >= 15 is 0 Å². The molecular weight excluding hydrogens is 666 g/mol. The van der Waals surface area contributed by atoms with E-state index < -0.39 is 16.9 Å². The second-order valence-electron chi connectivity index (χ2n) is 9.82. The fourth-order valence-corrected chi connectivity index (χ4v) is 6.44. The molecule has 0 bridgehead atoms. The Morgan fingerprint density at radius 3 is 2.42 bits per heavy atom. The Kier molecular flexibility index (Phi) is 9.49. The predicted molar refractivity (Wildman–Crippen MR) is 172 cm³/mol. The van der Waals surface area contributed by atoms with E-state index in [1.54, 1.807) is 56.3 Å². The molecule has 0 saturated heterocycles. The lowest BCUT2D eigenvalue weighted by Gasteiger charge is -2.25. The summed E-state index contributed by atoms with van der Waals surface area (Å²) in [4.78, 5) is 42.7. The van der Waals surface area contributed by atoms with Gasteiger partial charge in [0.15, 0.2) is 16.3 Å². The molecule has 232 valence electrons. The monoisotopic (exact) mass is 693 g/mol. The minimum atomic E-state index is -0.802. The SMILES string of the molecule is CCOC(=O)C1=C(C)N=c2s/c(=C\c3ccc(OCc4ccc([N+](=O)[O-])cc4)c(Br)c3)c(=O)n2[C@@H]1c1ccc(OC)c(OC)c1. The van der Waals surface area contributed by atoms with Gasteiger partial charge in [0.1, 0.15) is 12.4 Å². The van der Waals surface area contributed by atoms with Gasteiger partial charge in [-0.15, -0.1) is 0 Å². The summed E-state index contributed by atoms with van der Waals surface area (Å²) >= 11 is 4.76. The van der Waals surface area contributed by atoms with E-state index in [1.165, 1.54) is 42.3 Å². The molecule has 5 rings (SSSR count). The quantitative estimate of drug-likeness (QED) is 0.128. The maximum atomic E-state index is 14.0. The molecule has 0 N–H and O–H groups in total. The molecule has 3 aromatic carbocycles. The molecule has 1 aromatic heterocycles. The number of benzene rings is 3. The van der Waals surface area contributed by atoms with Crippen LogP contribution in [0.4, 0.5) is 5.69 Å². The van der Waals surface area contributed by atoms with Crippen molar-refractivity contribution in [3.8, 4) is 17.2 Å². The van der Waals surface area contributed by atoms with Crippen LogP contribution in [0.5, 0.6) is 17.2 Å². The Balaban J connectivity index is 1.51. The number of methoxy groups -OCH3 is 2. The van der Waals surface area contributed by atoms with Gasteiger partial charge in [-0.05, 0) is 88.9 Å². The first-order valence-electron chi connectivity index (χ1n) is 13.7. The molecule has 13 heteroatoms. The molecule has 2 heterocycles. The van der Waals surface area contributed by atoms with E-state index in [-0.39, 0.29) is 30.0 Å². The number of nitro groups is 1. The van der Waals surface area contributed by atoms with Gasteiger partial charge in [-0.2, -0.15) is 0 Å². The maximum Gasteiger partial charge on any atom is 0.338 e. The predicted octanol–water partition coefficient (Wildman–Crippen LogP) is 5.07. The average Bonchev–Trinajstić information content (AvgIpc) is 3.33. The first-order chi connectivity index (χ1) is 21.6. The highest BCUT2D eigenvalue weighted by atomic mass is 79.9. The van der Waals surface area contributed by atoms with E-state index in [0.717, 1.165) is 11.1 Å². The zero-order chi connectivity index (χ0) is 32.2. The van der Waals surface area contributed by atoms with Crippen molar-refractivity contribution >= 4 is 45.0 Å². The van der Waals surface area contributed by atoms with Crippen molar-refractivity contribution < 1.29 is 28.7 Å². The van der Waals surface area contributed by atoms with Crippen LogP contribution in [0, 0.1) is 10.1 Å². The van der Waals surface area contributed by atoms with Crippen molar-refractivity contribution in [3.63, 3.8) is 0 Å². The van der Waals surface area contributed by atoms with E-state index in [2.05, 4.69) is 20.9 Å². The zero-order valence-corrected chi connectivity index (χ0v) is 27.1. The van der Waals surface area contributed by atoms with Gasteiger partial charge in [0.25, 0.3) is 11.2 Å². The Morgan fingerprint density at radius 2 is 1.78 bits per heavy atom. The number of rotatable bonds is 10. The van der Waals surface area contributed by atoms with Crippen molar-refractivity contribution in [3.05, 3.63) is 123 Å². The lowest BCUT2D eigenvalue weighted by atomic mass is 9.95. The van der Waals surface area contributed by atoms with E-state index in [4.69, 9.17) is 18.9 Å². The molecule has 1 aliphatic rings. The topological polar surface area (TPSA) is 131 Å². The number of hydrogen-bond acceptors (Lipinski definition) is 10. The van der Waals surface area contributed by atoms with Crippen LogP contribution in [-0.2, 0) is 16.1 Å². The van der Waals surface area contributed by atoms with Crippen LogP contribution in [-0.4, -0.2) is 36.3 Å². The number of esters is 1. The molecule has 4 aromatic rings. The lowest BCUT2D eigenvalue weighted by molar-refractivity contribution is -0.384. The highest BCUT2D eigenvalue weighted by Crippen LogP contribution is 2.36. The molecule has 0 spiro atoms. The number of aromatic nitrogens is 1. The number of ether oxygens (including phenoxy) is 4. The van der Waals surface area contributed by atoms with Crippen molar-refractivity contribution in [2.45, 2.75) is 26.5 Å². The molecule has 0 saturated carbocycles. The number of non-ortho nitro benzene ring substituents is 1. The Morgan fingerprint density at radius 1 is 1.07 bits per heavy atom. The number of hydrogen-bond donors (Lipinski definition) is 0. The number of thiazole rings is 1. The molecule has 0 fully saturated rings. The zero-order valence-electron chi connectivity index (χ0n) is 24.7. The largest absolute Gasteiger partial charge is 0.493 e. The van der Waals surface area contributed by atoms with E-state index in [0.29, 0.717) is 42.3 Å². The highest BCUT2D eigenvalue weighted by Gasteiger charge is 2.34.